The standard InChI is InChI=1S/C23H28FN3O5S/c1-4-33(30,31)26-15-21(28)27(14-18-7-5-6-8-20(18)32-3)23(2,16-26)22(29)25-13-17-9-11-19(24)12-10-17/h5-12H,4,13-16H2,1-3H3,(H,25,29)/t23-/m0/s1. The van der Waals surface area contributed by atoms with Crippen LogP contribution in [-0.4, -0.2) is 60.9 Å². The molecule has 0 spiro atoms. The highest BCUT2D eigenvalue weighted by atomic mass is 32.2. The predicted molar refractivity (Wildman–Crippen MR) is 121 cm³/mol. The highest BCUT2D eigenvalue weighted by Gasteiger charge is 2.49. The Kier molecular flexibility index (Phi) is 7.38. The van der Waals surface area contributed by atoms with Crippen LogP contribution in [0.15, 0.2) is 48.5 Å². The number of halogens is 1. The van der Waals surface area contributed by atoms with Crippen molar-refractivity contribution in [3.8, 4) is 5.75 Å². The molecular weight excluding hydrogens is 449 g/mol. The smallest absolute Gasteiger partial charge is 0.247 e. The summed E-state index contributed by atoms with van der Waals surface area (Å²) in [4.78, 5) is 27.9. The lowest BCUT2D eigenvalue weighted by atomic mass is 9.94. The van der Waals surface area contributed by atoms with Gasteiger partial charge in [0.05, 0.1) is 26.0 Å². The second kappa shape index (κ2) is 9.88. The van der Waals surface area contributed by atoms with Gasteiger partial charge in [0.15, 0.2) is 0 Å². The van der Waals surface area contributed by atoms with E-state index in [4.69, 9.17) is 4.74 Å². The van der Waals surface area contributed by atoms with Crippen LogP contribution in [0.1, 0.15) is 25.0 Å². The van der Waals surface area contributed by atoms with Crippen molar-refractivity contribution in [1.29, 1.82) is 0 Å². The highest BCUT2D eigenvalue weighted by molar-refractivity contribution is 7.89. The molecule has 2 aromatic rings. The molecule has 1 saturated heterocycles. The van der Waals surface area contributed by atoms with Crippen molar-refractivity contribution in [2.24, 2.45) is 0 Å². The SMILES string of the molecule is CCS(=O)(=O)N1CC(=O)N(Cc2ccccc2OC)[C@](C)(C(=O)NCc2ccc(F)cc2)C1. The van der Waals surface area contributed by atoms with Crippen molar-refractivity contribution in [1.82, 2.24) is 14.5 Å². The van der Waals surface area contributed by atoms with Gasteiger partial charge in [-0.1, -0.05) is 30.3 Å². The summed E-state index contributed by atoms with van der Waals surface area (Å²) in [5, 5.41) is 2.78. The first-order valence-corrected chi connectivity index (χ1v) is 12.1. The number of methoxy groups -OCH3 is 1. The van der Waals surface area contributed by atoms with Crippen molar-refractivity contribution < 1.29 is 27.1 Å². The predicted octanol–water partition coefficient (Wildman–Crippen LogP) is 1.90. The molecular formula is C23H28FN3O5S. The lowest BCUT2D eigenvalue weighted by Crippen LogP contribution is -2.69. The zero-order valence-electron chi connectivity index (χ0n) is 18.9. The Balaban J connectivity index is 1.92. The molecule has 2 amide bonds. The van der Waals surface area contributed by atoms with Crippen LogP contribution < -0.4 is 10.1 Å². The number of hydrogen-bond donors (Lipinski definition) is 1. The first kappa shape index (κ1) is 24.7. The van der Waals surface area contributed by atoms with E-state index in [1.807, 2.05) is 0 Å². The van der Waals surface area contributed by atoms with E-state index in [1.54, 1.807) is 43.3 Å². The first-order chi connectivity index (χ1) is 15.6. The van der Waals surface area contributed by atoms with Gasteiger partial charge < -0.3 is 15.0 Å². The molecule has 10 heteroatoms. The third-order valence-electron chi connectivity index (χ3n) is 5.83. The average Bonchev–Trinajstić information content (AvgIpc) is 2.80. The molecule has 0 radical (unpaired) electrons. The third kappa shape index (κ3) is 5.33. The Morgan fingerprint density at radius 1 is 1.18 bits per heavy atom. The number of hydrogen-bond acceptors (Lipinski definition) is 5. The van der Waals surface area contributed by atoms with Gasteiger partial charge in [-0.05, 0) is 37.6 Å². The molecule has 0 aromatic heterocycles. The number of ether oxygens (including phenoxy) is 1. The lowest BCUT2D eigenvalue weighted by molar-refractivity contribution is -0.153. The normalized spacial score (nSPS) is 19.4. The Labute approximate surface area is 193 Å². The van der Waals surface area contributed by atoms with E-state index < -0.39 is 33.2 Å². The van der Waals surface area contributed by atoms with Crippen LogP contribution in [0.4, 0.5) is 4.39 Å². The summed E-state index contributed by atoms with van der Waals surface area (Å²) < 4.78 is 44.7. The number of amides is 2. The van der Waals surface area contributed by atoms with Crippen molar-refractivity contribution >= 4 is 21.8 Å². The molecule has 0 aliphatic carbocycles. The molecule has 1 heterocycles. The van der Waals surface area contributed by atoms with Crippen LogP contribution >= 0.6 is 0 Å². The summed E-state index contributed by atoms with van der Waals surface area (Å²) in [6.45, 7) is 2.70. The molecule has 1 atom stereocenters. The van der Waals surface area contributed by atoms with Gasteiger partial charge in [-0.15, -0.1) is 0 Å². The van der Waals surface area contributed by atoms with Crippen LogP contribution in [0, 0.1) is 5.82 Å². The molecule has 1 N–H and O–H groups in total. The molecule has 0 bridgehead atoms. The number of benzene rings is 2. The summed E-state index contributed by atoms with van der Waals surface area (Å²) >= 11 is 0. The Morgan fingerprint density at radius 3 is 2.48 bits per heavy atom. The van der Waals surface area contributed by atoms with Gasteiger partial charge in [-0.3, -0.25) is 9.59 Å². The fourth-order valence-electron chi connectivity index (χ4n) is 3.81. The summed E-state index contributed by atoms with van der Waals surface area (Å²) in [5.74, 6) is -1.00. The minimum absolute atomic E-state index is 0.0727. The molecule has 1 aliphatic heterocycles. The lowest BCUT2D eigenvalue weighted by Gasteiger charge is -2.46. The largest absolute Gasteiger partial charge is 0.496 e. The van der Waals surface area contributed by atoms with Crippen LogP contribution in [0.3, 0.4) is 0 Å². The molecule has 3 rings (SSSR count). The average molecular weight is 478 g/mol. The molecule has 8 nitrogen and oxygen atoms in total. The molecule has 1 fully saturated rings. The van der Waals surface area contributed by atoms with E-state index in [-0.39, 0.29) is 31.9 Å². The van der Waals surface area contributed by atoms with Gasteiger partial charge in [0.2, 0.25) is 21.8 Å². The monoisotopic (exact) mass is 477 g/mol. The van der Waals surface area contributed by atoms with Crippen LogP contribution in [0.2, 0.25) is 0 Å². The van der Waals surface area contributed by atoms with E-state index in [2.05, 4.69) is 5.32 Å². The van der Waals surface area contributed by atoms with E-state index in [0.717, 1.165) is 4.31 Å². The van der Waals surface area contributed by atoms with E-state index in [0.29, 0.717) is 16.9 Å². The number of rotatable bonds is 8. The van der Waals surface area contributed by atoms with Gasteiger partial charge in [-0.2, -0.15) is 4.31 Å². The number of nitrogens with zero attached hydrogens (tertiary/aromatic N) is 2. The maximum Gasteiger partial charge on any atom is 0.247 e. The van der Waals surface area contributed by atoms with Crippen LogP contribution in [-0.2, 0) is 32.7 Å². The van der Waals surface area contributed by atoms with Crippen molar-refractivity contribution in [2.75, 3.05) is 26.0 Å². The maximum absolute atomic E-state index is 13.4. The second-order valence-corrected chi connectivity index (χ2v) is 10.3. The summed E-state index contributed by atoms with van der Waals surface area (Å²) in [6.07, 6.45) is 0. The van der Waals surface area contributed by atoms with Gasteiger partial charge in [0, 0.05) is 18.7 Å². The Morgan fingerprint density at radius 2 is 1.85 bits per heavy atom. The Hall–Kier alpha value is -2.98. The van der Waals surface area contributed by atoms with Gasteiger partial charge in [-0.25, -0.2) is 12.8 Å². The number of para-hydroxylation sites is 1. The van der Waals surface area contributed by atoms with E-state index in [1.165, 1.54) is 31.1 Å². The van der Waals surface area contributed by atoms with Crippen LogP contribution in [0.25, 0.3) is 0 Å². The first-order valence-electron chi connectivity index (χ1n) is 10.5. The van der Waals surface area contributed by atoms with Gasteiger partial charge in [0.25, 0.3) is 0 Å². The zero-order chi connectivity index (χ0) is 24.2. The molecule has 1 aliphatic rings. The second-order valence-electron chi connectivity index (χ2n) is 8.04. The Bertz CT molecular complexity index is 1120. The summed E-state index contributed by atoms with van der Waals surface area (Å²) in [7, 11) is -2.19. The molecule has 0 unspecified atom stereocenters. The number of sulfonamides is 1. The molecule has 178 valence electrons. The molecule has 33 heavy (non-hydrogen) atoms. The van der Waals surface area contributed by atoms with Crippen molar-refractivity contribution in [3.05, 3.63) is 65.5 Å². The summed E-state index contributed by atoms with van der Waals surface area (Å²) in [6, 6.07) is 12.8. The van der Waals surface area contributed by atoms with E-state index in [9.17, 15) is 22.4 Å². The topological polar surface area (TPSA) is 96.0 Å². The number of nitrogens with one attached hydrogen (secondary N) is 1. The number of carbonyl (C=O) groups excluding carboxylic acids is 2. The van der Waals surface area contributed by atoms with Crippen molar-refractivity contribution in [3.63, 3.8) is 0 Å². The zero-order valence-corrected chi connectivity index (χ0v) is 19.7. The number of carbonyl (C=O) groups is 2. The minimum Gasteiger partial charge on any atom is -0.496 e. The molecule has 2 aromatic carbocycles. The number of piperazine rings is 1. The van der Waals surface area contributed by atoms with Crippen LogP contribution in [0.5, 0.6) is 5.75 Å². The highest BCUT2D eigenvalue weighted by Crippen LogP contribution is 2.29. The quantitative estimate of drug-likeness (QED) is 0.627. The third-order valence-corrected chi connectivity index (χ3v) is 7.60. The fraction of sp³-hybridized carbons (Fsp3) is 0.391. The summed E-state index contributed by atoms with van der Waals surface area (Å²) in [5.41, 5.74) is -0.110. The van der Waals surface area contributed by atoms with Gasteiger partial charge >= 0.3 is 0 Å². The fourth-order valence-corrected chi connectivity index (χ4v) is 4.93. The van der Waals surface area contributed by atoms with Gasteiger partial charge in [0.1, 0.15) is 17.1 Å². The van der Waals surface area contributed by atoms with E-state index >= 15 is 0 Å². The minimum atomic E-state index is -3.70. The maximum atomic E-state index is 13.4. The van der Waals surface area contributed by atoms with Crippen molar-refractivity contribution in [2.45, 2.75) is 32.5 Å². The molecule has 0 saturated carbocycles.